The van der Waals surface area contributed by atoms with Crippen LogP contribution in [0.4, 0.5) is 0 Å². The molecule has 0 aromatic carbocycles. The summed E-state index contributed by atoms with van der Waals surface area (Å²) in [6.45, 7) is 4.91. The predicted octanol–water partition coefficient (Wildman–Crippen LogP) is 2.31. The van der Waals surface area contributed by atoms with Crippen molar-refractivity contribution in [2.75, 3.05) is 6.54 Å². The normalized spacial score (nSPS) is 30.8. The third-order valence-electron chi connectivity index (χ3n) is 4.38. The van der Waals surface area contributed by atoms with Crippen LogP contribution < -0.4 is 5.32 Å². The van der Waals surface area contributed by atoms with Gasteiger partial charge in [0.15, 0.2) is 0 Å². The number of carbonyl (C=O) groups is 1. The lowest BCUT2D eigenvalue weighted by atomic mass is 9.97. The van der Waals surface area contributed by atoms with Crippen LogP contribution in [0.15, 0.2) is 0 Å². The maximum absolute atomic E-state index is 12.2. The molecule has 1 aliphatic carbocycles. The SMILES string of the molecule is C[C@@H]1CCC[C@H](C)N1C(=O)CNC1CCCC1. The van der Waals surface area contributed by atoms with E-state index in [1.54, 1.807) is 0 Å². The van der Waals surface area contributed by atoms with Crippen molar-refractivity contribution in [2.45, 2.75) is 76.9 Å². The third-order valence-corrected chi connectivity index (χ3v) is 4.38. The van der Waals surface area contributed by atoms with E-state index < -0.39 is 0 Å². The summed E-state index contributed by atoms with van der Waals surface area (Å²) < 4.78 is 0. The average molecular weight is 238 g/mol. The highest BCUT2D eigenvalue weighted by Gasteiger charge is 2.29. The first-order valence-electron chi connectivity index (χ1n) is 7.23. The number of piperidine rings is 1. The first-order chi connectivity index (χ1) is 8.18. The predicted molar refractivity (Wildman–Crippen MR) is 69.9 cm³/mol. The molecule has 1 heterocycles. The van der Waals surface area contributed by atoms with Gasteiger partial charge in [0.25, 0.3) is 0 Å². The fraction of sp³-hybridized carbons (Fsp3) is 0.929. The smallest absolute Gasteiger partial charge is 0.237 e. The van der Waals surface area contributed by atoms with E-state index in [1.807, 2.05) is 0 Å². The van der Waals surface area contributed by atoms with Gasteiger partial charge in [0, 0.05) is 18.1 Å². The lowest BCUT2D eigenvalue weighted by molar-refractivity contribution is -0.136. The maximum Gasteiger partial charge on any atom is 0.237 e. The molecule has 0 bridgehead atoms. The van der Waals surface area contributed by atoms with E-state index >= 15 is 0 Å². The van der Waals surface area contributed by atoms with Crippen LogP contribution in [0.25, 0.3) is 0 Å². The second kappa shape index (κ2) is 5.85. The van der Waals surface area contributed by atoms with Crippen LogP contribution >= 0.6 is 0 Å². The first kappa shape index (κ1) is 12.9. The van der Waals surface area contributed by atoms with Crippen LogP contribution in [0.3, 0.4) is 0 Å². The Hall–Kier alpha value is -0.570. The van der Waals surface area contributed by atoms with Crippen LogP contribution in [-0.2, 0) is 4.79 Å². The summed E-state index contributed by atoms with van der Waals surface area (Å²) in [7, 11) is 0. The van der Waals surface area contributed by atoms with E-state index in [-0.39, 0.29) is 0 Å². The summed E-state index contributed by atoms with van der Waals surface area (Å²) in [5.74, 6) is 0.302. The standard InChI is InChI=1S/C14H26N2O/c1-11-6-5-7-12(2)16(11)14(17)10-15-13-8-3-4-9-13/h11-13,15H,3-10H2,1-2H3/t11-,12+. The number of carbonyl (C=O) groups excluding carboxylic acids is 1. The molecular formula is C14H26N2O. The van der Waals surface area contributed by atoms with Crippen molar-refractivity contribution < 1.29 is 4.79 Å². The quantitative estimate of drug-likeness (QED) is 0.818. The highest BCUT2D eigenvalue weighted by molar-refractivity contribution is 5.79. The van der Waals surface area contributed by atoms with Gasteiger partial charge in [-0.15, -0.1) is 0 Å². The maximum atomic E-state index is 12.2. The van der Waals surface area contributed by atoms with Gasteiger partial charge in [-0.25, -0.2) is 0 Å². The Morgan fingerprint density at radius 3 is 2.24 bits per heavy atom. The molecule has 3 heteroatoms. The van der Waals surface area contributed by atoms with Crippen molar-refractivity contribution in [1.29, 1.82) is 0 Å². The third kappa shape index (κ3) is 3.21. The molecule has 1 aliphatic heterocycles. The molecule has 2 aliphatic rings. The Kier molecular flexibility index (Phi) is 4.43. The van der Waals surface area contributed by atoms with Gasteiger partial charge in [0.1, 0.15) is 0 Å². The highest BCUT2D eigenvalue weighted by atomic mass is 16.2. The summed E-state index contributed by atoms with van der Waals surface area (Å²) in [5.41, 5.74) is 0. The lowest BCUT2D eigenvalue weighted by Gasteiger charge is -2.39. The van der Waals surface area contributed by atoms with Crippen molar-refractivity contribution in [1.82, 2.24) is 10.2 Å². The Morgan fingerprint density at radius 1 is 1.06 bits per heavy atom. The second-order valence-electron chi connectivity index (χ2n) is 5.79. The van der Waals surface area contributed by atoms with Crippen molar-refractivity contribution in [2.24, 2.45) is 0 Å². The summed E-state index contributed by atoms with van der Waals surface area (Å²) in [6, 6.07) is 1.45. The number of likely N-dealkylation sites (tertiary alicyclic amines) is 1. The number of nitrogens with zero attached hydrogens (tertiary/aromatic N) is 1. The summed E-state index contributed by atoms with van der Waals surface area (Å²) in [4.78, 5) is 14.3. The van der Waals surface area contributed by atoms with E-state index in [0.29, 0.717) is 30.6 Å². The zero-order chi connectivity index (χ0) is 12.3. The molecule has 1 N–H and O–H groups in total. The largest absolute Gasteiger partial charge is 0.336 e. The second-order valence-corrected chi connectivity index (χ2v) is 5.79. The molecular weight excluding hydrogens is 212 g/mol. The van der Waals surface area contributed by atoms with Gasteiger partial charge < -0.3 is 10.2 Å². The molecule has 2 atom stereocenters. The monoisotopic (exact) mass is 238 g/mol. The zero-order valence-corrected chi connectivity index (χ0v) is 11.2. The topological polar surface area (TPSA) is 32.3 Å². The van der Waals surface area contributed by atoms with Gasteiger partial charge in [-0.1, -0.05) is 12.8 Å². The minimum Gasteiger partial charge on any atom is -0.336 e. The minimum atomic E-state index is 0.302. The fourth-order valence-electron chi connectivity index (χ4n) is 3.37. The molecule has 1 amide bonds. The van der Waals surface area contributed by atoms with Crippen LogP contribution in [0, 0.1) is 0 Å². The lowest BCUT2D eigenvalue weighted by Crippen LogP contribution is -2.51. The van der Waals surface area contributed by atoms with Gasteiger partial charge in [-0.05, 0) is 46.0 Å². The molecule has 2 rings (SSSR count). The van der Waals surface area contributed by atoms with E-state index in [4.69, 9.17) is 0 Å². The Labute approximate surface area is 105 Å². The van der Waals surface area contributed by atoms with E-state index in [1.165, 1.54) is 44.9 Å². The van der Waals surface area contributed by atoms with E-state index in [2.05, 4.69) is 24.1 Å². The van der Waals surface area contributed by atoms with Gasteiger partial charge in [0.2, 0.25) is 5.91 Å². The summed E-state index contributed by atoms with van der Waals surface area (Å²) in [6.07, 6.45) is 8.74. The Balaban J connectivity index is 1.80. The molecule has 0 spiro atoms. The van der Waals surface area contributed by atoms with E-state index in [9.17, 15) is 4.79 Å². The molecule has 17 heavy (non-hydrogen) atoms. The number of amides is 1. The van der Waals surface area contributed by atoms with Crippen molar-refractivity contribution in [3.05, 3.63) is 0 Å². The van der Waals surface area contributed by atoms with Crippen LogP contribution in [-0.4, -0.2) is 35.5 Å². The molecule has 0 aromatic rings. The van der Waals surface area contributed by atoms with Crippen molar-refractivity contribution in [3.63, 3.8) is 0 Å². The number of hydrogen-bond donors (Lipinski definition) is 1. The fourth-order valence-corrected chi connectivity index (χ4v) is 3.37. The van der Waals surface area contributed by atoms with Gasteiger partial charge in [0.05, 0.1) is 6.54 Å². The first-order valence-corrected chi connectivity index (χ1v) is 7.23. The van der Waals surface area contributed by atoms with Gasteiger partial charge in [-0.2, -0.15) is 0 Å². The molecule has 1 saturated carbocycles. The van der Waals surface area contributed by atoms with Crippen molar-refractivity contribution in [3.8, 4) is 0 Å². The molecule has 2 fully saturated rings. The van der Waals surface area contributed by atoms with Gasteiger partial charge in [-0.3, -0.25) is 4.79 Å². The highest BCUT2D eigenvalue weighted by Crippen LogP contribution is 2.22. The number of hydrogen-bond acceptors (Lipinski definition) is 2. The molecule has 0 aromatic heterocycles. The zero-order valence-electron chi connectivity index (χ0n) is 11.2. The van der Waals surface area contributed by atoms with Crippen LogP contribution in [0.1, 0.15) is 58.8 Å². The molecule has 0 radical (unpaired) electrons. The Morgan fingerprint density at radius 2 is 1.65 bits per heavy atom. The average Bonchev–Trinajstić information content (AvgIpc) is 2.79. The van der Waals surface area contributed by atoms with Crippen molar-refractivity contribution >= 4 is 5.91 Å². The summed E-state index contributed by atoms with van der Waals surface area (Å²) >= 11 is 0. The van der Waals surface area contributed by atoms with E-state index in [0.717, 1.165) is 0 Å². The molecule has 1 saturated heterocycles. The Bertz CT molecular complexity index is 251. The summed E-state index contributed by atoms with van der Waals surface area (Å²) in [5, 5.41) is 3.43. The van der Waals surface area contributed by atoms with Crippen LogP contribution in [0.2, 0.25) is 0 Å². The van der Waals surface area contributed by atoms with Gasteiger partial charge >= 0.3 is 0 Å². The number of nitrogens with one attached hydrogen (secondary N) is 1. The van der Waals surface area contributed by atoms with Crippen LogP contribution in [0.5, 0.6) is 0 Å². The minimum absolute atomic E-state index is 0.302. The molecule has 0 unspecified atom stereocenters. The molecule has 3 nitrogen and oxygen atoms in total. The number of rotatable bonds is 3. The molecule has 98 valence electrons.